The number of aromatic nitrogens is 3. The number of carbonyl (C=O) groups excluding carboxylic acids is 1. The molecule has 0 aliphatic carbocycles. The Kier molecular flexibility index (Phi) is 10.2. The van der Waals surface area contributed by atoms with E-state index in [-0.39, 0.29) is 11.9 Å². The van der Waals surface area contributed by atoms with Crippen LogP contribution in [-0.2, 0) is 22.4 Å². The molecule has 1 saturated heterocycles. The summed E-state index contributed by atoms with van der Waals surface area (Å²) in [5.74, 6) is 2.89. The predicted octanol–water partition coefficient (Wildman–Crippen LogP) is 6.70. The van der Waals surface area contributed by atoms with Crippen LogP contribution >= 0.6 is 0 Å². The normalized spacial score (nSPS) is 16.2. The number of benzene rings is 1. The minimum Gasteiger partial charge on any atom is -0.460 e. The molecule has 0 spiro atoms. The molecule has 5 rings (SSSR count). The number of anilines is 3. The fraction of sp³-hybridized carbons (Fsp3) is 0.543. The number of carbonyl (C=O) groups is 1. The average Bonchev–Trinajstić information content (AvgIpc) is 3.01. The van der Waals surface area contributed by atoms with E-state index in [4.69, 9.17) is 9.72 Å². The van der Waals surface area contributed by atoms with Gasteiger partial charge >= 0.3 is 5.97 Å². The molecule has 0 saturated carbocycles. The molecule has 0 amide bonds. The summed E-state index contributed by atoms with van der Waals surface area (Å²) in [5, 5.41) is 6.96. The van der Waals surface area contributed by atoms with Gasteiger partial charge in [0.15, 0.2) is 0 Å². The number of pyridine rings is 1. The zero-order valence-electron chi connectivity index (χ0n) is 26.4. The largest absolute Gasteiger partial charge is 0.460 e. The van der Waals surface area contributed by atoms with E-state index >= 15 is 0 Å². The molecular weight excluding hydrogens is 536 g/mol. The Morgan fingerprint density at radius 1 is 1.09 bits per heavy atom. The second kappa shape index (κ2) is 14.2. The lowest BCUT2D eigenvalue weighted by molar-refractivity contribution is -0.159. The smallest absolute Gasteiger partial charge is 0.311 e. The first-order valence-electron chi connectivity index (χ1n) is 16.1. The molecule has 0 radical (unpaired) electrons. The van der Waals surface area contributed by atoms with Crippen LogP contribution in [0.15, 0.2) is 48.8 Å². The summed E-state index contributed by atoms with van der Waals surface area (Å²) in [6.07, 6.45) is 9.79. The van der Waals surface area contributed by atoms with Crippen LogP contribution in [0.25, 0.3) is 0 Å². The van der Waals surface area contributed by atoms with Crippen LogP contribution in [0.2, 0.25) is 0 Å². The maximum absolute atomic E-state index is 13.2. The average molecular weight is 585 g/mol. The monoisotopic (exact) mass is 584 g/mol. The maximum Gasteiger partial charge on any atom is 0.311 e. The highest BCUT2D eigenvalue weighted by molar-refractivity contribution is 5.73. The van der Waals surface area contributed by atoms with Crippen LogP contribution in [0.5, 0.6) is 0 Å². The van der Waals surface area contributed by atoms with Crippen molar-refractivity contribution >= 4 is 23.4 Å². The van der Waals surface area contributed by atoms with Crippen LogP contribution in [0.3, 0.4) is 0 Å². The fourth-order valence-corrected chi connectivity index (χ4v) is 6.17. The molecular formula is C35H48N6O2. The number of nitrogens with one attached hydrogen (secondary N) is 2. The van der Waals surface area contributed by atoms with Gasteiger partial charge in [0.2, 0.25) is 0 Å². The van der Waals surface area contributed by atoms with E-state index in [0.717, 1.165) is 87.6 Å². The minimum absolute atomic E-state index is 0.153. The van der Waals surface area contributed by atoms with E-state index in [0.29, 0.717) is 12.5 Å². The number of nitrogens with zero attached hydrogens (tertiary/aromatic N) is 4. The minimum atomic E-state index is -0.519. The Bertz CT molecular complexity index is 1350. The van der Waals surface area contributed by atoms with Gasteiger partial charge in [-0.3, -0.25) is 4.79 Å². The van der Waals surface area contributed by atoms with E-state index in [1.165, 1.54) is 23.2 Å². The molecule has 8 nitrogen and oxygen atoms in total. The maximum atomic E-state index is 13.2. The standard InChI is InChI=1S/C35H48N6O2/c1-25-31(37-23-29(34(42)43-35(2,3)4)14-9-8-13-26-11-6-5-7-12-26)38-24-39-33(25)41-21-18-27(19-22-41)30-17-16-28-15-10-20-36-32(28)40-30/h5-7,11-12,16-17,24,27,29H,8-10,13-15,18-23H2,1-4H3,(H,36,40)(H,37,38,39)/t29-/m0/s1. The lowest BCUT2D eigenvalue weighted by Gasteiger charge is -2.34. The Morgan fingerprint density at radius 3 is 2.65 bits per heavy atom. The van der Waals surface area contributed by atoms with Gasteiger partial charge in [0, 0.05) is 43.4 Å². The van der Waals surface area contributed by atoms with Crippen molar-refractivity contribution in [3.05, 3.63) is 71.2 Å². The molecule has 2 N–H and O–H groups in total. The van der Waals surface area contributed by atoms with Crippen LogP contribution < -0.4 is 15.5 Å². The molecule has 2 aliphatic heterocycles. The van der Waals surface area contributed by atoms with Crippen molar-refractivity contribution in [2.45, 2.75) is 90.6 Å². The molecule has 1 aromatic carbocycles. The molecule has 43 heavy (non-hydrogen) atoms. The highest BCUT2D eigenvalue weighted by Gasteiger charge is 2.27. The van der Waals surface area contributed by atoms with E-state index < -0.39 is 5.60 Å². The summed E-state index contributed by atoms with van der Waals surface area (Å²) in [5.41, 5.74) is 4.37. The molecule has 0 bridgehead atoms. The summed E-state index contributed by atoms with van der Waals surface area (Å²) < 4.78 is 5.80. The van der Waals surface area contributed by atoms with Gasteiger partial charge in [-0.15, -0.1) is 0 Å². The summed E-state index contributed by atoms with van der Waals surface area (Å²) in [6, 6.07) is 15.0. The van der Waals surface area contributed by atoms with Gasteiger partial charge in [-0.05, 0) is 89.8 Å². The van der Waals surface area contributed by atoms with Gasteiger partial charge in [-0.25, -0.2) is 15.0 Å². The van der Waals surface area contributed by atoms with Crippen molar-refractivity contribution in [1.82, 2.24) is 15.0 Å². The van der Waals surface area contributed by atoms with E-state index in [2.05, 4.69) is 68.8 Å². The first-order chi connectivity index (χ1) is 20.8. The van der Waals surface area contributed by atoms with E-state index in [1.807, 2.05) is 26.8 Å². The number of esters is 1. The fourth-order valence-electron chi connectivity index (χ4n) is 6.17. The highest BCUT2D eigenvalue weighted by Crippen LogP contribution is 2.33. The molecule has 8 heteroatoms. The van der Waals surface area contributed by atoms with Crippen LogP contribution in [0.4, 0.5) is 17.5 Å². The number of rotatable bonds is 11. The molecule has 2 aliphatic rings. The molecule has 230 valence electrons. The molecule has 1 atom stereocenters. The van der Waals surface area contributed by atoms with Crippen LogP contribution in [-0.4, -0.2) is 52.7 Å². The third-order valence-electron chi connectivity index (χ3n) is 8.55. The van der Waals surface area contributed by atoms with Crippen LogP contribution in [0.1, 0.15) is 87.6 Å². The number of hydrogen-bond donors (Lipinski definition) is 2. The lowest BCUT2D eigenvalue weighted by atomic mass is 9.92. The zero-order valence-corrected chi connectivity index (χ0v) is 26.4. The molecule has 4 heterocycles. The van der Waals surface area contributed by atoms with Crippen molar-refractivity contribution < 1.29 is 9.53 Å². The van der Waals surface area contributed by atoms with Crippen molar-refractivity contribution in [2.24, 2.45) is 5.92 Å². The SMILES string of the molecule is Cc1c(NC[C@H](CCCCc2ccccc2)C(=O)OC(C)(C)C)ncnc1N1CCC(c2ccc3c(n2)NCCC3)CC1. The molecule has 0 unspecified atom stereocenters. The summed E-state index contributed by atoms with van der Waals surface area (Å²) in [7, 11) is 0. The number of fused-ring (bicyclic) bond motifs is 1. The number of unbranched alkanes of at least 4 members (excludes halogenated alkanes) is 1. The third kappa shape index (κ3) is 8.46. The number of ether oxygens (including phenoxy) is 1. The quantitative estimate of drug-likeness (QED) is 0.190. The first kappa shape index (κ1) is 30.8. The van der Waals surface area contributed by atoms with Crippen molar-refractivity contribution in [3.8, 4) is 0 Å². The second-order valence-electron chi connectivity index (χ2n) is 13.0. The van der Waals surface area contributed by atoms with E-state index in [9.17, 15) is 4.79 Å². The predicted molar refractivity (Wildman–Crippen MR) is 174 cm³/mol. The lowest BCUT2D eigenvalue weighted by Crippen LogP contribution is -2.35. The third-order valence-corrected chi connectivity index (χ3v) is 8.55. The van der Waals surface area contributed by atoms with Gasteiger partial charge in [-0.1, -0.05) is 42.8 Å². The zero-order chi connectivity index (χ0) is 30.2. The second-order valence-corrected chi connectivity index (χ2v) is 13.0. The van der Waals surface area contributed by atoms with Crippen molar-refractivity contribution in [3.63, 3.8) is 0 Å². The molecule has 3 aromatic rings. The molecule has 2 aromatic heterocycles. The summed E-state index contributed by atoms with van der Waals surface area (Å²) in [6.45, 7) is 11.2. The number of aryl methyl sites for hydroxylation is 2. The number of hydrogen-bond acceptors (Lipinski definition) is 8. The topological polar surface area (TPSA) is 92.3 Å². The summed E-state index contributed by atoms with van der Waals surface area (Å²) in [4.78, 5) is 29.7. The number of piperidine rings is 1. The Balaban J connectivity index is 1.18. The van der Waals surface area contributed by atoms with Crippen LogP contribution in [0, 0.1) is 12.8 Å². The van der Waals surface area contributed by atoms with E-state index in [1.54, 1.807) is 6.33 Å². The first-order valence-corrected chi connectivity index (χ1v) is 16.1. The van der Waals surface area contributed by atoms with Gasteiger partial charge in [-0.2, -0.15) is 0 Å². The van der Waals surface area contributed by atoms with Gasteiger partial charge in [0.05, 0.1) is 5.92 Å². The summed E-state index contributed by atoms with van der Waals surface area (Å²) >= 11 is 0. The van der Waals surface area contributed by atoms with Gasteiger partial charge in [0.1, 0.15) is 29.4 Å². The Morgan fingerprint density at radius 2 is 1.88 bits per heavy atom. The van der Waals surface area contributed by atoms with Crippen molar-refractivity contribution in [1.29, 1.82) is 0 Å². The molecule has 1 fully saturated rings. The van der Waals surface area contributed by atoms with Gasteiger partial charge < -0.3 is 20.3 Å². The highest BCUT2D eigenvalue weighted by atomic mass is 16.6. The van der Waals surface area contributed by atoms with Crippen molar-refractivity contribution in [2.75, 3.05) is 41.7 Å². The Labute approximate surface area is 257 Å². The van der Waals surface area contributed by atoms with Gasteiger partial charge in [0.25, 0.3) is 0 Å². The Hall–Kier alpha value is -3.68.